The molecule has 4 rings (SSSR count). The Morgan fingerprint density at radius 1 is 0.967 bits per heavy atom. The standard InChI is InChI=1S/C23H22FN5O/c1-14-9-15(2)11-18(10-14)29-22(12-16(3)27-29)26-23(30)19-13-25-28(17(19)4)21-8-6-5-7-20(21)24/h5-13H,1-4H3,(H,26,30). The lowest BCUT2D eigenvalue weighted by molar-refractivity contribution is 0.102. The van der Waals surface area contributed by atoms with Crippen molar-refractivity contribution in [1.29, 1.82) is 0 Å². The van der Waals surface area contributed by atoms with Gasteiger partial charge in [-0.05, 0) is 63.1 Å². The number of rotatable bonds is 4. The smallest absolute Gasteiger partial charge is 0.260 e. The number of carbonyl (C=O) groups excluding carboxylic acids is 1. The van der Waals surface area contributed by atoms with Gasteiger partial charge < -0.3 is 5.32 Å². The molecule has 152 valence electrons. The highest BCUT2D eigenvalue weighted by Crippen LogP contribution is 2.22. The summed E-state index contributed by atoms with van der Waals surface area (Å²) in [6, 6.07) is 14.2. The minimum absolute atomic E-state index is 0.296. The number of hydrogen-bond donors (Lipinski definition) is 1. The predicted octanol–water partition coefficient (Wildman–Crippen LogP) is 4.68. The van der Waals surface area contributed by atoms with Crippen molar-refractivity contribution in [2.75, 3.05) is 5.32 Å². The Hall–Kier alpha value is -3.74. The van der Waals surface area contributed by atoms with E-state index in [1.165, 1.54) is 16.9 Å². The van der Waals surface area contributed by atoms with Gasteiger partial charge in [0.05, 0.1) is 28.8 Å². The van der Waals surface area contributed by atoms with Crippen molar-refractivity contribution in [3.63, 3.8) is 0 Å². The first-order chi connectivity index (χ1) is 14.3. The maximum absolute atomic E-state index is 14.1. The van der Waals surface area contributed by atoms with Crippen molar-refractivity contribution in [1.82, 2.24) is 19.6 Å². The summed E-state index contributed by atoms with van der Waals surface area (Å²) in [7, 11) is 0. The molecule has 4 aromatic rings. The summed E-state index contributed by atoms with van der Waals surface area (Å²) in [6.45, 7) is 7.65. The van der Waals surface area contributed by atoms with E-state index in [2.05, 4.69) is 21.6 Å². The van der Waals surface area contributed by atoms with Gasteiger partial charge in [-0.3, -0.25) is 4.79 Å². The van der Waals surface area contributed by atoms with Crippen molar-refractivity contribution >= 4 is 11.7 Å². The van der Waals surface area contributed by atoms with E-state index in [1.54, 1.807) is 29.8 Å². The molecule has 2 aromatic heterocycles. The molecule has 6 nitrogen and oxygen atoms in total. The zero-order valence-corrected chi connectivity index (χ0v) is 17.3. The number of nitrogens with zero attached hydrogens (tertiary/aromatic N) is 4. The number of para-hydroxylation sites is 1. The molecule has 0 saturated heterocycles. The highest BCUT2D eigenvalue weighted by atomic mass is 19.1. The summed E-state index contributed by atoms with van der Waals surface area (Å²) in [5.41, 5.74) is 5.08. The molecule has 0 spiro atoms. The molecule has 0 aliphatic carbocycles. The molecule has 0 saturated carbocycles. The van der Waals surface area contributed by atoms with E-state index in [0.29, 0.717) is 22.8 Å². The molecule has 30 heavy (non-hydrogen) atoms. The molecule has 0 fully saturated rings. The fourth-order valence-corrected chi connectivity index (χ4v) is 3.54. The minimum Gasteiger partial charge on any atom is -0.306 e. The van der Waals surface area contributed by atoms with E-state index in [0.717, 1.165) is 22.5 Å². The third-order valence-corrected chi connectivity index (χ3v) is 4.86. The van der Waals surface area contributed by atoms with Crippen LogP contribution in [0.5, 0.6) is 0 Å². The van der Waals surface area contributed by atoms with Gasteiger partial charge in [-0.2, -0.15) is 10.2 Å². The second-order valence-electron chi connectivity index (χ2n) is 7.39. The maximum Gasteiger partial charge on any atom is 0.260 e. The number of carbonyl (C=O) groups is 1. The second kappa shape index (κ2) is 7.59. The molecule has 0 aliphatic heterocycles. The zero-order chi connectivity index (χ0) is 21.4. The Balaban J connectivity index is 1.67. The summed E-state index contributed by atoms with van der Waals surface area (Å²) in [4.78, 5) is 13.0. The number of nitrogens with one attached hydrogen (secondary N) is 1. The lowest BCUT2D eigenvalue weighted by atomic mass is 10.1. The Morgan fingerprint density at radius 3 is 2.37 bits per heavy atom. The summed E-state index contributed by atoms with van der Waals surface area (Å²) < 4.78 is 17.3. The molecule has 0 bridgehead atoms. The van der Waals surface area contributed by atoms with Crippen LogP contribution in [0.1, 0.15) is 32.9 Å². The lowest BCUT2D eigenvalue weighted by Gasteiger charge is -2.11. The molecule has 0 atom stereocenters. The topological polar surface area (TPSA) is 64.7 Å². The Labute approximate surface area is 174 Å². The van der Waals surface area contributed by atoms with Crippen molar-refractivity contribution in [3.8, 4) is 11.4 Å². The number of benzene rings is 2. The van der Waals surface area contributed by atoms with Gasteiger partial charge in [-0.1, -0.05) is 18.2 Å². The van der Waals surface area contributed by atoms with E-state index in [4.69, 9.17) is 0 Å². The van der Waals surface area contributed by atoms with Crippen molar-refractivity contribution in [2.45, 2.75) is 27.7 Å². The normalized spacial score (nSPS) is 11.0. The van der Waals surface area contributed by atoms with Crippen LogP contribution in [0.3, 0.4) is 0 Å². The summed E-state index contributed by atoms with van der Waals surface area (Å²) in [5.74, 6) is -0.180. The average Bonchev–Trinajstić information content (AvgIpc) is 3.24. The van der Waals surface area contributed by atoms with Crippen LogP contribution in [-0.2, 0) is 0 Å². The number of aromatic nitrogens is 4. The molecular weight excluding hydrogens is 381 g/mol. The number of anilines is 1. The first kappa shape index (κ1) is 19.6. The SMILES string of the molecule is Cc1cc(C)cc(-n2nc(C)cc2NC(=O)c2cnn(-c3ccccc3F)c2C)c1. The van der Waals surface area contributed by atoms with Crippen molar-refractivity contribution in [3.05, 3.63) is 88.6 Å². The third kappa shape index (κ3) is 3.61. The average molecular weight is 403 g/mol. The van der Waals surface area contributed by atoms with E-state index < -0.39 is 5.82 Å². The predicted molar refractivity (Wildman–Crippen MR) is 114 cm³/mol. The summed E-state index contributed by atoms with van der Waals surface area (Å²) in [5, 5.41) is 11.7. The molecule has 7 heteroatoms. The van der Waals surface area contributed by atoms with E-state index in [-0.39, 0.29) is 5.91 Å². The van der Waals surface area contributed by atoms with Gasteiger partial charge in [0.15, 0.2) is 0 Å². The van der Waals surface area contributed by atoms with Gasteiger partial charge in [-0.25, -0.2) is 13.8 Å². The fraction of sp³-hybridized carbons (Fsp3) is 0.174. The van der Waals surface area contributed by atoms with Gasteiger partial charge in [0.25, 0.3) is 5.91 Å². The second-order valence-corrected chi connectivity index (χ2v) is 7.39. The monoisotopic (exact) mass is 403 g/mol. The van der Waals surface area contributed by atoms with Crippen LogP contribution >= 0.6 is 0 Å². The molecule has 1 N–H and O–H groups in total. The molecule has 2 aromatic carbocycles. The van der Waals surface area contributed by atoms with E-state index in [1.807, 2.05) is 39.0 Å². The number of hydrogen-bond acceptors (Lipinski definition) is 3. The molecular formula is C23H22FN5O. The number of halogens is 1. The van der Waals surface area contributed by atoms with Crippen LogP contribution in [0.15, 0.2) is 54.7 Å². The lowest BCUT2D eigenvalue weighted by Crippen LogP contribution is -2.16. The van der Waals surface area contributed by atoms with Crippen LogP contribution < -0.4 is 5.32 Å². The molecule has 2 heterocycles. The van der Waals surface area contributed by atoms with Crippen molar-refractivity contribution in [2.24, 2.45) is 0 Å². The highest BCUT2D eigenvalue weighted by Gasteiger charge is 2.19. The van der Waals surface area contributed by atoms with Gasteiger partial charge in [0.1, 0.15) is 17.3 Å². The van der Waals surface area contributed by atoms with E-state index >= 15 is 0 Å². The zero-order valence-electron chi connectivity index (χ0n) is 17.3. The minimum atomic E-state index is -0.404. The molecule has 0 radical (unpaired) electrons. The van der Waals surface area contributed by atoms with Crippen LogP contribution in [-0.4, -0.2) is 25.5 Å². The summed E-state index contributed by atoms with van der Waals surface area (Å²) >= 11 is 0. The van der Waals surface area contributed by atoms with Gasteiger partial charge >= 0.3 is 0 Å². The Kier molecular flexibility index (Phi) is 4.95. The third-order valence-electron chi connectivity index (χ3n) is 4.86. The Bertz CT molecular complexity index is 1230. The molecule has 0 unspecified atom stereocenters. The Morgan fingerprint density at radius 2 is 1.67 bits per heavy atom. The fourth-order valence-electron chi connectivity index (χ4n) is 3.54. The molecule has 1 amide bonds. The number of aryl methyl sites for hydroxylation is 3. The quantitative estimate of drug-likeness (QED) is 0.538. The van der Waals surface area contributed by atoms with Crippen LogP contribution in [0.25, 0.3) is 11.4 Å². The first-order valence-electron chi connectivity index (χ1n) is 9.59. The van der Waals surface area contributed by atoms with Gasteiger partial charge in [-0.15, -0.1) is 0 Å². The molecule has 0 aliphatic rings. The van der Waals surface area contributed by atoms with Crippen LogP contribution in [0, 0.1) is 33.5 Å². The van der Waals surface area contributed by atoms with Crippen LogP contribution in [0.2, 0.25) is 0 Å². The first-order valence-corrected chi connectivity index (χ1v) is 9.59. The van der Waals surface area contributed by atoms with Gasteiger partial charge in [0, 0.05) is 6.07 Å². The maximum atomic E-state index is 14.1. The van der Waals surface area contributed by atoms with Crippen LogP contribution in [0.4, 0.5) is 10.2 Å². The largest absolute Gasteiger partial charge is 0.306 e. The van der Waals surface area contributed by atoms with Crippen molar-refractivity contribution < 1.29 is 9.18 Å². The number of amides is 1. The summed E-state index contributed by atoms with van der Waals surface area (Å²) in [6.07, 6.45) is 1.45. The van der Waals surface area contributed by atoms with E-state index in [9.17, 15) is 9.18 Å². The highest BCUT2D eigenvalue weighted by molar-refractivity contribution is 6.04. The van der Waals surface area contributed by atoms with Gasteiger partial charge in [0.2, 0.25) is 0 Å².